The molecular formula is C18H28N4O5S. The summed E-state index contributed by atoms with van der Waals surface area (Å²) < 4.78 is 40.4. The number of carbonyl (C=O) groups is 1. The number of carbonyl (C=O) groups excluding carboxylic acids is 1. The molecule has 3 fully saturated rings. The lowest BCUT2D eigenvalue weighted by Crippen LogP contribution is -2.51. The molecule has 156 valence electrons. The summed E-state index contributed by atoms with van der Waals surface area (Å²) in [6.45, 7) is 5.62. The van der Waals surface area contributed by atoms with E-state index in [1.54, 1.807) is 10.8 Å². The van der Waals surface area contributed by atoms with Gasteiger partial charge in [-0.15, -0.1) is 0 Å². The zero-order valence-corrected chi connectivity index (χ0v) is 17.1. The van der Waals surface area contributed by atoms with Gasteiger partial charge in [0.2, 0.25) is 5.91 Å². The predicted molar refractivity (Wildman–Crippen MR) is 99.8 cm³/mol. The Morgan fingerprint density at radius 2 is 1.96 bits per heavy atom. The zero-order valence-electron chi connectivity index (χ0n) is 16.2. The number of nitrogens with zero attached hydrogens (tertiary/aromatic N) is 4. The van der Waals surface area contributed by atoms with Crippen LogP contribution in [0.2, 0.25) is 0 Å². The van der Waals surface area contributed by atoms with Crippen molar-refractivity contribution in [3.8, 4) is 0 Å². The molecule has 4 rings (SSSR count). The van der Waals surface area contributed by atoms with Crippen molar-refractivity contribution in [3.05, 3.63) is 12.5 Å². The molecule has 10 heteroatoms. The number of hydrogen-bond acceptors (Lipinski definition) is 6. The van der Waals surface area contributed by atoms with E-state index in [1.165, 1.54) is 10.6 Å². The van der Waals surface area contributed by atoms with E-state index in [-0.39, 0.29) is 23.4 Å². The lowest BCUT2D eigenvalue weighted by Gasteiger charge is -2.40. The maximum atomic E-state index is 13.0. The first-order chi connectivity index (χ1) is 13.4. The Bertz CT molecular complexity index is 808. The number of aryl methyl sites for hydroxylation is 1. The first-order valence-electron chi connectivity index (χ1n) is 10.0. The molecule has 1 aromatic heterocycles. The summed E-state index contributed by atoms with van der Waals surface area (Å²) in [5.74, 6) is -0.792. The minimum Gasteiger partial charge on any atom is -0.347 e. The van der Waals surface area contributed by atoms with Crippen LogP contribution in [0.1, 0.15) is 32.6 Å². The van der Waals surface area contributed by atoms with Crippen LogP contribution in [0.3, 0.4) is 0 Å². The molecule has 4 heterocycles. The van der Waals surface area contributed by atoms with Crippen molar-refractivity contribution in [1.29, 1.82) is 0 Å². The van der Waals surface area contributed by atoms with Crippen LogP contribution in [0.25, 0.3) is 0 Å². The maximum Gasteiger partial charge on any atom is 0.262 e. The minimum absolute atomic E-state index is 0.0341. The van der Waals surface area contributed by atoms with E-state index in [2.05, 4.69) is 4.98 Å². The first kappa shape index (κ1) is 19.8. The molecule has 0 aromatic carbocycles. The monoisotopic (exact) mass is 412 g/mol. The van der Waals surface area contributed by atoms with Gasteiger partial charge < -0.3 is 18.9 Å². The Morgan fingerprint density at radius 3 is 2.61 bits per heavy atom. The molecule has 0 saturated carbocycles. The number of amides is 1. The molecule has 3 aliphatic rings. The van der Waals surface area contributed by atoms with E-state index < -0.39 is 15.8 Å². The van der Waals surface area contributed by atoms with Crippen LogP contribution in [-0.2, 0) is 30.8 Å². The molecule has 9 nitrogen and oxygen atoms in total. The summed E-state index contributed by atoms with van der Waals surface area (Å²) in [7, 11) is -3.68. The van der Waals surface area contributed by atoms with Gasteiger partial charge in [0.25, 0.3) is 10.0 Å². The third-order valence-electron chi connectivity index (χ3n) is 5.96. The molecule has 0 aliphatic carbocycles. The average Bonchev–Trinajstić information content (AvgIpc) is 3.38. The van der Waals surface area contributed by atoms with E-state index in [9.17, 15) is 13.2 Å². The lowest BCUT2D eigenvalue weighted by molar-refractivity contribution is -0.188. The van der Waals surface area contributed by atoms with Crippen molar-refractivity contribution >= 4 is 15.9 Å². The molecule has 28 heavy (non-hydrogen) atoms. The fraction of sp³-hybridized carbons (Fsp3) is 0.778. The fourth-order valence-corrected chi connectivity index (χ4v) is 5.71. The number of hydrogen-bond donors (Lipinski definition) is 0. The summed E-state index contributed by atoms with van der Waals surface area (Å²) in [4.78, 5) is 18.9. The highest BCUT2D eigenvalue weighted by Crippen LogP contribution is 2.32. The van der Waals surface area contributed by atoms with Crippen molar-refractivity contribution in [2.75, 3.05) is 39.4 Å². The van der Waals surface area contributed by atoms with Gasteiger partial charge in [-0.2, -0.15) is 4.31 Å². The van der Waals surface area contributed by atoms with Crippen molar-refractivity contribution in [3.63, 3.8) is 0 Å². The smallest absolute Gasteiger partial charge is 0.262 e. The Labute approximate surface area is 165 Å². The third-order valence-corrected chi connectivity index (χ3v) is 7.71. The molecule has 3 saturated heterocycles. The average molecular weight is 413 g/mol. The molecular weight excluding hydrogens is 384 g/mol. The van der Waals surface area contributed by atoms with Crippen molar-refractivity contribution in [2.45, 2.75) is 50.0 Å². The second-order valence-electron chi connectivity index (χ2n) is 7.68. The Hall–Kier alpha value is -1.49. The Kier molecular flexibility index (Phi) is 5.47. The van der Waals surface area contributed by atoms with Crippen molar-refractivity contribution < 1.29 is 22.7 Å². The van der Waals surface area contributed by atoms with Gasteiger partial charge in [-0.05, 0) is 19.8 Å². The number of ether oxygens (including phenoxy) is 2. The van der Waals surface area contributed by atoms with Crippen LogP contribution >= 0.6 is 0 Å². The van der Waals surface area contributed by atoms with Gasteiger partial charge in [-0.1, -0.05) is 0 Å². The maximum absolute atomic E-state index is 13.0. The second-order valence-corrected chi connectivity index (χ2v) is 9.56. The quantitative estimate of drug-likeness (QED) is 0.722. The van der Waals surface area contributed by atoms with Crippen LogP contribution in [0.15, 0.2) is 17.6 Å². The molecule has 3 aliphatic heterocycles. The third kappa shape index (κ3) is 3.70. The summed E-state index contributed by atoms with van der Waals surface area (Å²) in [5.41, 5.74) is 0. The summed E-state index contributed by atoms with van der Waals surface area (Å²) >= 11 is 0. The van der Waals surface area contributed by atoms with E-state index in [1.807, 2.05) is 11.8 Å². The molecule has 1 spiro atoms. The van der Waals surface area contributed by atoms with Gasteiger partial charge in [-0.25, -0.2) is 13.4 Å². The van der Waals surface area contributed by atoms with Crippen LogP contribution in [-0.4, -0.2) is 78.3 Å². The first-order valence-corrected chi connectivity index (χ1v) is 11.5. The van der Waals surface area contributed by atoms with E-state index in [0.717, 1.165) is 0 Å². The SMILES string of the molecule is CCn1cnc(S(=O)(=O)N2CCC[C@H](C(=O)N3CCC4(CC3)OCCO4)C2)c1. The van der Waals surface area contributed by atoms with E-state index in [0.29, 0.717) is 65.1 Å². The van der Waals surface area contributed by atoms with Crippen molar-refractivity contribution in [1.82, 2.24) is 18.8 Å². The highest BCUT2D eigenvalue weighted by atomic mass is 32.2. The second kappa shape index (κ2) is 7.74. The van der Waals surface area contributed by atoms with Gasteiger partial charge in [0, 0.05) is 51.8 Å². The van der Waals surface area contributed by atoms with E-state index >= 15 is 0 Å². The molecule has 0 bridgehead atoms. The van der Waals surface area contributed by atoms with Gasteiger partial charge in [0.1, 0.15) is 0 Å². The van der Waals surface area contributed by atoms with Crippen LogP contribution < -0.4 is 0 Å². The number of likely N-dealkylation sites (tertiary alicyclic amines) is 1. The Morgan fingerprint density at radius 1 is 1.25 bits per heavy atom. The van der Waals surface area contributed by atoms with Crippen LogP contribution in [0.5, 0.6) is 0 Å². The number of aromatic nitrogens is 2. The van der Waals surface area contributed by atoms with Gasteiger partial charge in [0.15, 0.2) is 10.8 Å². The zero-order chi connectivity index (χ0) is 19.8. The van der Waals surface area contributed by atoms with Gasteiger partial charge in [0.05, 0.1) is 25.5 Å². The van der Waals surface area contributed by atoms with Crippen LogP contribution in [0, 0.1) is 5.92 Å². The van der Waals surface area contributed by atoms with Gasteiger partial charge in [-0.3, -0.25) is 4.79 Å². The number of rotatable bonds is 4. The predicted octanol–water partition coefficient (Wildman–Crippen LogP) is 0.669. The standard InChI is InChI=1S/C18H28N4O5S/c1-2-20-13-16(19-14-20)28(24,25)22-7-3-4-15(12-22)17(23)21-8-5-18(6-9-21)26-10-11-27-18/h13-15H,2-12H2,1H3/t15-/m0/s1. The normalized spacial score (nSPS) is 26.0. The number of sulfonamides is 1. The number of imidazole rings is 1. The summed E-state index contributed by atoms with van der Waals surface area (Å²) in [6, 6.07) is 0. The molecule has 0 unspecified atom stereocenters. The highest BCUT2D eigenvalue weighted by molar-refractivity contribution is 7.89. The molecule has 0 N–H and O–H groups in total. The molecule has 1 amide bonds. The minimum atomic E-state index is -3.68. The van der Waals surface area contributed by atoms with Gasteiger partial charge >= 0.3 is 0 Å². The largest absolute Gasteiger partial charge is 0.347 e. The highest BCUT2D eigenvalue weighted by Gasteiger charge is 2.42. The fourth-order valence-electron chi connectivity index (χ4n) is 4.25. The summed E-state index contributed by atoms with van der Waals surface area (Å²) in [6.07, 6.45) is 5.80. The Balaban J connectivity index is 1.40. The van der Waals surface area contributed by atoms with Crippen LogP contribution in [0.4, 0.5) is 0 Å². The molecule has 1 atom stereocenters. The topological polar surface area (TPSA) is 94.0 Å². The van der Waals surface area contributed by atoms with Crippen molar-refractivity contribution in [2.24, 2.45) is 5.92 Å². The molecule has 1 aromatic rings. The lowest BCUT2D eigenvalue weighted by atomic mass is 9.96. The van der Waals surface area contributed by atoms with E-state index in [4.69, 9.17) is 9.47 Å². The summed E-state index contributed by atoms with van der Waals surface area (Å²) in [5, 5.41) is 0.0536. The molecule has 0 radical (unpaired) electrons. The number of piperidine rings is 2.